The van der Waals surface area contributed by atoms with Crippen molar-refractivity contribution < 1.29 is 9.90 Å². The lowest BCUT2D eigenvalue weighted by Crippen LogP contribution is -1.90. The van der Waals surface area contributed by atoms with Crippen LogP contribution in [0, 0.1) is 6.92 Å². The highest BCUT2D eigenvalue weighted by Crippen LogP contribution is 1.96. The molecule has 1 heterocycles. The van der Waals surface area contributed by atoms with Gasteiger partial charge in [0, 0.05) is 12.3 Å². The number of hydrogen-bond donors (Lipinski definition) is 1. The zero-order valence-corrected chi connectivity index (χ0v) is 6.56. The van der Waals surface area contributed by atoms with E-state index >= 15 is 0 Å². The number of carboxylic acids is 1. The molecular weight excluding hydrogens is 156 g/mol. The monoisotopic (exact) mass is 164 g/mol. The number of aryl methyl sites for hydroxylation is 1. The van der Waals surface area contributed by atoms with E-state index in [0.717, 1.165) is 6.08 Å². The van der Waals surface area contributed by atoms with Crippen LogP contribution in [-0.4, -0.2) is 21.0 Å². The molecule has 0 saturated heterocycles. The average molecular weight is 164 g/mol. The Balaban J connectivity index is 2.83. The number of carboxylic acid groups (broad SMARTS) is 1. The molecule has 0 spiro atoms. The molecule has 0 aliphatic heterocycles. The van der Waals surface area contributed by atoms with Gasteiger partial charge in [0.25, 0.3) is 0 Å². The molecule has 0 aliphatic carbocycles. The van der Waals surface area contributed by atoms with Gasteiger partial charge in [-0.15, -0.1) is 0 Å². The van der Waals surface area contributed by atoms with Crippen LogP contribution in [0.25, 0.3) is 6.08 Å². The molecule has 1 N–H and O–H groups in total. The van der Waals surface area contributed by atoms with Gasteiger partial charge in [-0.1, -0.05) is 0 Å². The summed E-state index contributed by atoms with van der Waals surface area (Å²) in [4.78, 5) is 18.0. The van der Waals surface area contributed by atoms with Crippen LogP contribution < -0.4 is 0 Å². The largest absolute Gasteiger partial charge is 0.478 e. The molecular formula is C8H8N2O2. The maximum absolute atomic E-state index is 10.1. The zero-order chi connectivity index (χ0) is 8.97. The van der Waals surface area contributed by atoms with Gasteiger partial charge in [-0.05, 0) is 19.1 Å². The molecule has 4 heteroatoms. The summed E-state index contributed by atoms with van der Waals surface area (Å²) in [5.41, 5.74) is 0.602. The fourth-order valence-electron chi connectivity index (χ4n) is 0.724. The Hall–Kier alpha value is -1.71. The van der Waals surface area contributed by atoms with Crippen LogP contribution in [0.2, 0.25) is 0 Å². The van der Waals surface area contributed by atoms with Gasteiger partial charge in [0.05, 0.1) is 5.69 Å². The van der Waals surface area contributed by atoms with Crippen LogP contribution in [0.4, 0.5) is 0 Å². The third-order valence-corrected chi connectivity index (χ3v) is 1.19. The van der Waals surface area contributed by atoms with Crippen molar-refractivity contribution in [2.24, 2.45) is 0 Å². The second-order valence-electron chi connectivity index (χ2n) is 2.20. The maximum atomic E-state index is 10.1. The molecule has 1 rings (SSSR count). The Morgan fingerprint density at radius 1 is 1.67 bits per heavy atom. The van der Waals surface area contributed by atoms with Crippen molar-refractivity contribution in [3.8, 4) is 0 Å². The van der Waals surface area contributed by atoms with Crippen LogP contribution >= 0.6 is 0 Å². The first-order valence-corrected chi connectivity index (χ1v) is 3.39. The first-order chi connectivity index (χ1) is 5.68. The summed E-state index contributed by atoms with van der Waals surface area (Å²) >= 11 is 0. The smallest absolute Gasteiger partial charge is 0.328 e. The Morgan fingerprint density at radius 2 is 2.42 bits per heavy atom. The molecule has 12 heavy (non-hydrogen) atoms. The minimum atomic E-state index is -0.980. The molecule has 1 aromatic heterocycles. The van der Waals surface area contributed by atoms with Crippen molar-refractivity contribution in [3.63, 3.8) is 0 Å². The predicted molar refractivity (Wildman–Crippen MR) is 43.4 cm³/mol. The number of carbonyl (C=O) groups is 1. The van der Waals surface area contributed by atoms with E-state index in [0.29, 0.717) is 11.5 Å². The second kappa shape index (κ2) is 3.61. The van der Waals surface area contributed by atoms with E-state index in [1.54, 1.807) is 19.2 Å². The third kappa shape index (κ3) is 2.49. The van der Waals surface area contributed by atoms with E-state index in [1.165, 1.54) is 6.08 Å². The lowest BCUT2D eigenvalue weighted by molar-refractivity contribution is -0.131. The Morgan fingerprint density at radius 3 is 3.00 bits per heavy atom. The first-order valence-electron chi connectivity index (χ1n) is 3.39. The summed E-state index contributed by atoms with van der Waals surface area (Å²) in [5.74, 6) is -0.353. The average Bonchev–Trinajstić information content (AvgIpc) is 2.01. The fourth-order valence-corrected chi connectivity index (χ4v) is 0.724. The van der Waals surface area contributed by atoms with Gasteiger partial charge in [-0.2, -0.15) is 0 Å². The third-order valence-electron chi connectivity index (χ3n) is 1.19. The van der Waals surface area contributed by atoms with Crippen LogP contribution in [-0.2, 0) is 4.79 Å². The van der Waals surface area contributed by atoms with Crippen molar-refractivity contribution >= 4 is 12.0 Å². The molecule has 62 valence electrons. The molecule has 1 aromatic rings. The summed E-state index contributed by atoms with van der Waals surface area (Å²) in [6, 6.07) is 1.65. The molecule has 0 unspecified atom stereocenters. The fraction of sp³-hybridized carbons (Fsp3) is 0.125. The van der Waals surface area contributed by atoms with Gasteiger partial charge in [0.1, 0.15) is 5.82 Å². The lowest BCUT2D eigenvalue weighted by atomic mass is 10.3. The van der Waals surface area contributed by atoms with Crippen molar-refractivity contribution in [1.29, 1.82) is 0 Å². The van der Waals surface area contributed by atoms with E-state index in [2.05, 4.69) is 9.97 Å². The van der Waals surface area contributed by atoms with Crippen LogP contribution in [0.1, 0.15) is 11.5 Å². The van der Waals surface area contributed by atoms with Gasteiger partial charge >= 0.3 is 5.97 Å². The van der Waals surface area contributed by atoms with Crippen LogP contribution in [0.5, 0.6) is 0 Å². The van der Waals surface area contributed by atoms with Gasteiger partial charge in [0.2, 0.25) is 0 Å². The normalized spacial score (nSPS) is 10.4. The minimum absolute atomic E-state index is 0.602. The summed E-state index contributed by atoms with van der Waals surface area (Å²) < 4.78 is 0. The zero-order valence-electron chi connectivity index (χ0n) is 6.56. The van der Waals surface area contributed by atoms with E-state index in [9.17, 15) is 4.79 Å². The Kier molecular flexibility index (Phi) is 2.53. The SMILES string of the molecule is Cc1nccc(C=CC(=O)O)n1. The molecule has 0 aromatic carbocycles. The van der Waals surface area contributed by atoms with Crippen molar-refractivity contribution in [2.45, 2.75) is 6.92 Å². The van der Waals surface area contributed by atoms with E-state index in [1.807, 2.05) is 0 Å². The minimum Gasteiger partial charge on any atom is -0.478 e. The molecule has 0 bridgehead atoms. The predicted octanol–water partition coefficient (Wildman–Crippen LogP) is 0.883. The topological polar surface area (TPSA) is 63.1 Å². The number of aliphatic carboxylic acids is 1. The van der Waals surface area contributed by atoms with Crippen molar-refractivity contribution in [2.75, 3.05) is 0 Å². The number of aromatic nitrogens is 2. The van der Waals surface area contributed by atoms with Crippen molar-refractivity contribution in [3.05, 3.63) is 29.9 Å². The molecule has 4 nitrogen and oxygen atoms in total. The molecule has 0 radical (unpaired) electrons. The van der Waals surface area contributed by atoms with Crippen LogP contribution in [0.15, 0.2) is 18.3 Å². The number of hydrogen-bond acceptors (Lipinski definition) is 3. The molecule has 0 amide bonds. The molecule has 0 aliphatic rings. The highest BCUT2D eigenvalue weighted by atomic mass is 16.4. The summed E-state index contributed by atoms with van der Waals surface area (Å²) in [6.45, 7) is 1.75. The maximum Gasteiger partial charge on any atom is 0.328 e. The Bertz CT molecular complexity index is 321. The molecule has 0 fully saturated rings. The van der Waals surface area contributed by atoms with Gasteiger partial charge in [0.15, 0.2) is 0 Å². The van der Waals surface area contributed by atoms with Crippen molar-refractivity contribution in [1.82, 2.24) is 9.97 Å². The number of nitrogens with zero attached hydrogens (tertiary/aromatic N) is 2. The highest BCUT2D eigenvalue weighted by Gasteiger charge is 1.91. The summed E-state index contributed by atoms with van der Waals surface area (Å²) in [6.07, 6.45) is 4.06. The van der Waals surface area contributed by atoms with Gasteiger partial charge in [-0.25, -0.2) is 14.8 Å². The summed E-state index contributed by atoms with van der Waals surface area (Å²) in [7, 11) is 0. The Labute approximate surface area is 69.6 Å². The summed E-state index contributed by atoms with van der Waals surface area (Å²) in [5, 5.41) is 8.31. The molecule has 0 saturated carbocycles. The number of rotatable bonds is 2. The second-order valence-corrected chi connectivity index (χ2v) is 2.20. The standard InChI is InChI=1S/C8H8N2O2/c1-6-9-5-4-7(10-6)2-3-8(11)12/h2-5H,1H3,(H,11,12). The van der Waals surface area contributed by atoms with Crippen LogP contribution in [0.3, 0.4) is 0 Å². The highest BCUT2D eigenvalue weighted by molar-refractivity contribution is 5.84. The van der Waals surface area contributed by atoms with Gasteiger partial charge < -0.3 is 5.11 Å². The quantitative estimate of drug-likeness (QED) is 0.659. The first kappa shape index (κ1) is 8.39. The van der Waals surface area contributed by atoms with Gasteiger partial charge in [-0.3, -0.25) is 0 Å². The van der Waals surface area contributed by atoms with E-state index in [4.69, 9.17) is 5.11 Å². The van der Waals surface area contributed by atoms with E-state index < -0.39 is 5.97 Å². The van der Waals surface area contributed by atoms with E-state index in [-0.39, 0.29) is 0 Å². The molecule has 0 atom stereocenters. The lowest BCUT2D eigenvalue weighted by Gasteiger charge is -1.92.